The summed E-state index contributed by atoms with van der Waals surface area (Å²) < 4.78 is 16.2. The summed E-state index contributed by atoms with van der Waals surface area (Å²) in [5, 5.41) is 10.6. The van der Waals surface area contributed by atoms with E-state index in [2.05, 4.69) is 15.9 Å². The quantitative estimate of drug-likeness (QED) is 0.258. The first-order chi connectivity index (χ1) is 14.6. The van der Waals surface area contributed by atoms with Crippen molar-refractivity contribution in [2.45, 2.75) is 27.2 Å². The number of carbonyl (C=O) groups excluding carboxylic acids is 3. The van der Waals surface area contributed by atoms with Crippen LogP contribution in [0, 0.1) is 0 Å². The third-order valence-corrected chi connectivity index (χ3v) is 5.07. The second kappa shape index (κ2) is 8.63. The molecule has 0 aliphatic heterocycles. The number of hydrogen-bond donors (Lipinski definition) is 1. The average Bonchev–Trinajstić information content (AvgIpc) is 3.10. The summed E-state index contributed by atoms with van der Waals surface area (Å²) in [5.41, 5.74) is 0.0439. The van der Waals surface area contributed by atoms with Crippen molar-refractivity contribution in [3.63, 3.8) is 0 Å². The van der Waals surface area contributed by atoms with Crippen molar-refractivity contribution in [2.24, 2.45) is 0 Å². The molecule has 7 nitrogen and oxygen atoms in total. The molecule has 3 aromatic rings. The van der Waals surface area contributed by atoms with E-state index in [1.165, 1.54) is 25.1 Å². The van der Waals surface area contributed by atoms with Gasteiger partial charge >= 0.3 is 11.9 Å². The molecule has 10 heteroatoms. The van der Waals surface area contributed by atoms with Gasteiger partial charge in [-0.25, -0.2) is 0 Å². The minimum atomic E-state index is -0.711. The molecule has 1 aromatic heterocycles. The summed E-state index contributed by atoms with van der Waals surface area (Å²) in [7, 11) is 12.1. The number of ether oxygens (including phenoxy) is 2. The molecule has 4 radical (unpaired) electrons. The summed E-state index contributed by atoms with van der Waals surface area (Å²) in [6.07, 6.45) is 0.324. The van der Waals surface area contributed by atoms with Crippen LogP contribution in [0.1, 0.15) is 42.5 Å². The Morgan fingerprint density at radius 3 is 2.29 bits per heavy atom. The third-order valence-electron chi connectivity index (χ3n) is 4.45. The van der Waals surface area contributed by atoms with Crippen molar-refractivity contribution >= 4 is 71.2 Å². The molecule has 0 saturated heterocycles. The fourth-order valence-electron chi connectivity index (χ4n) is 3.16. The molecular formula is C21H15B2BrO7. The lowest BCUT2D eigenvalue weighted by Crippen LogP contribution is -2.20. The highest BCUT2D eigenvalue weighted by Crippen LogP contribution is 2.34. The van der Waals surface area contributed by atoms with Crippen LogP contribution in [-0.4, -0.2) is 38.5 Å². The number of esters is 2. The Morgan fingerprint density at radius 2 is 1.74 bits per heavy atom. The predicted molar refractivity (Wildman–Crippen MR) is 118 cm³/mol. The minimum absolute atomic E-state index is 0.0300. The number of aryl methyl sites for hydroxylation is 1. The van der Waals surface area contributed by atoms with Crippen molar-refractivity contribution in [2.75, 3.05) is 0 Å². The van der Waals surface area contributed by atoms with Crippen LogP contribution in [0.4, 0.5) is 0 Å². The van der Waals surface area contributed by atoms with E-state index in [1.807, 2.05) is 0 Å². The maximum Gasteiger partial charge on any atom is 0.308 e. The van der Waals surface area contributed by atoms with E-state index >= 15 is 0 Å². The van der Waals surface area contributed by atoms with E-state index < -0.39 is 23.5 Å². The number of halogens is 1. The van der Waals surface area contributed by atoms with Gasteiger partial charge in [0.05, 0.1) is 10.0 Å². The molecule has 1 N–H and O–H groups in total. The first-order valence-electron chi connectivity index (χ1n) is 9.13. The molecule has 0 unspecified atom stereocenters. The zero-order chi connectivity index (χ0) is 23.0. The summed E-state index contributed by atoms with van der Waals surface area (Å²) in [5.74, 6) is -2.02. The molecule has 0 aliphatic rings. The largest absolute Gasteiger partial charge is 0.505 e. The van der Waals surface area contributed by atoms with E-state index in [4.69, 9.17) is 29.6 Å². The first kappa shape index (κ1) is 22.7. The fourth-order valence-corrected chi connectivity index (χ4v) is 3.62. The highest BCUT2D eigenvalue weighted by molar-refractivity contribution is 9.10. The van der Waals surface area contributed by atoms with Gasteiger partial charge in [-0.1, -0.05) is 6.92 Å². The van der Waals surface area contributed by atoms with Crippen LogP contribution >= 0.6 is 15.9 Å². The molecule has 31 heavy (non-hydrogen) atoms. The van der Waals surface area contributed by atoms with Gasteiger partial charge in [0.15, 0.2) is 17.3 Å². The molecular weight excluding hydrogens is 466 g/mol. The van der Waals surface area contributed by atoms with Gasteiger partial charge in [0.2, 0.25) is 0 Å². The molecule has 0 saturated carbocycles. The number of ketones is 1. The Balaban J connectivity index is 2.22. The molecule has 0 atom stereocenters. The summed E-state index contributed by atoms with van der Waals surface area (Å²) in [6, 6.07) is 4.45. The van der Waals surface area contributed by atoms with Gasteiger partial charge in [-0.15, -0.1) is 0 Å². The molecule has 154 valence electrons. The molecule has 0 bridgehead atoms. The van der Waals surface area contributed by atoms with Crippen molar-refractivity contribution in [3.8, 4) is 17.2 Å². The lowest BCUT2D eigenvalue weighted by Gasteiger charge is -2.13. The number of phenolic OH excluding ortho intramolecular Hbond substituents is 1. The van der Waals surface area contributed by atoms with Crippen LogP contribution in [0.25, 0.3) is 11.0 Å². The second-order valence-corrected chi connectivity index (χ2v) is 7.48. The van der Waals surface area contributed by atoms with Crippen LogP contribution in [0.5, 0.6) is 17.2 Å². The van der Waals surface area contributed by atoms with Crippen molar-refractivity contribution in [1.82, 2.24) is 0 Å². The molecule has 3 rings (SSSR count). The van der Waals surface area contributed by atoms with Crippen molar-refractivity contribution in [1.29, 1.82) is 0 Å². The van der Waals surface area contributed by atoms with E-state index in [-0.39, 0.29) is 50.3 Å². The Labute approximate surface area is 188 Å². The maximum absolute atomic E-state index is 13.4. The predicted octanol–water partition coefficient (Wildman–Crippen LogP) is 2.13. The first-order valence-corrected chi connectivity index (χ1v) is 9.92. The monoisotopic (exact) mass is 480 g/mol. The summed E-state index contributed by atoms with van der Waals surface area (Å²) in [6.45, 7) is 4.18. The summed E-state index contributed by atoms with van der Waals surface area (Å²) in [4.78, 5) is 35.9. The van der Waals surface area contributed by atoms with Gasteiger partial charge in [0, 0.05) is 31.2 Å². The zero-order valence-corrected chi connectivity index (χ0v) is 18.5. The van der Waals surface area contributed by atoms with Crippen LogP contribution in [0.3, 0.4) is 0 Å². The minimum Gasteiger partial charge on any atom is -0.505 e. The molecule has 0 amide bonds. The topological polar surface area (TPSA) is 103 Å². The van der Waals surface area contributed by atoms with Gasteiger partial charge in [-0.05, 0) is 45.1 Å². The van der Waals surface area contributed by atoms with Gasteiger partial charge in [0.25, 0.3) is 0 Å². The molecule has 1 heterocycles. The lowest BCUT2D eigenvalue weighted by atomic mass is 9.81. The number of carbonyl (C=O) groups is 3. The number of benzene rings is 2. The normalized spacial score (nSPS) is 10.8. The summed E-state index contributed by atoms with van der Waals surface area (Å²) >= 11 is 3.28. The Bertz CT molecular complexity index is 1250. The lowest BCUT2D eigenvalue weighted by molar-refractivity contribution is -0.132. The Hall–Kier alpha value is -3.00. The number of phenols is 1. The van der Waals surface area contributed by atoms with Crippen LogP contribution < -0.4 is 20.4 Å². The number of fused-ring (bicyclic) bond motifs is 1. The molecule has 0 fully saturated rings. The van der Waals surface area contributed by atoms with E-state index in [9.17, 15) is 19.5 Å². The van der Waals surface area contributed by atoms with Crippen molar-refractivity contribution < 1.29 is 33.4 Å². The third kappa shape index (κ3) is 4.12. The number of rotatable bonds is 5. The Morgan fingerprint density at radius 1 is 1.10 bits per heavy atom. The Kier molecular flexibility index (Phi) is 6.31. The highest BCUT2D eigenvalue weighted by Gasteiger charge is 2.28. The number of aromatic hydroxyl groups is 1. The zero-order valence-electron chi connectivity index (χ0n) is 16.9. The SMILES string of the molecule is [B]c1c(OC(C)=O)c(O)c([B])c2c(C(=O)c3ccc(OC(C)=O)c(Br)c3)c(CC)oc12. The van der Waals surface area contributed by atoms with Crippen molar-refractivity contribution in [3.05, 3.63) is 39.6 Å². The highest BCUT2D eigenvalue weighted by atomic mass is 79.9. The standard InChI is InChI=1S/C21H15B2BrO7/c1-4-12-14(18(27)10-5-6-13(11(24)7-10)29-8(2)25)15-16(22)19(28)21(30-9(3)26)17(23)20(15)31-12/h5-7,28H,4H2,1-3H3. The number of furan rings is 1. The molecule has 2 aromatic carbocycles. The smallest absolute Gasteiger partial charge is 0.308 e. The molecule has 0 aliphatic carbocycles. The van der Waals surface area contributed by atoms with Gasteiger partial charge in [-0.2, -0.15) is 0 Å². The van der Waals surface area contributed by atoms with Gasteiger partial charge in [-0.3, -0.25) is 14.4 Å². The van der Waals surface area contributed by atoms with E-state index in [1.54, 1.807) is 6.92 Å². The number of hydrogen-bond acceptors (Lipinski definition) is 7. The van der Waals surface area contributed by atoms with Crippen LogP contribution in [0.15, 0.2) is 27.1 Å². The van der Waals surface area contributed by atoms with Gasteiger partial charge < -0.3 is 19.0 Å². The van der Waals surface area contributed by atoms with Gasteiger partial charge in [0.1, 0.15) is 32.8 Å². The molecule has 0 spiro atoms. The second-order valence-electron chi connectivity index (χ2n) is 6.62. The van der Waals surface area contributed by atoms with Crippen LogP contribution in [0.2, 0.25) is 0 Å². The van der Waals surface area contributed by atoms with E-state index in [0.717, 1.165) is 6.92 Å². The van der Waals surface area contributed by atoms with E-state index in [0.29, 0.717) is 10.9 Å². The van der Waals surface area contributed by atoms with Crippen LogP contribution in [-0.2, 0) is 16.0 Å². The average molecular weight is 481 g/mol. The fraction of sp³-hybridized carbons (Fsp3) is 0.190. The maximum atomic E-state index is 13.4.